The number of rotatable bonds is 4. The largest absolute Gasteiger partial charge is 0.493 e. The van der Waals surface area contributed by atoms with E-state index in [1.54, 1.807) is 0 Å². The van der Waals surface area contributed by atoms with Crippen molar-refractivity contribution in [2.45, 2.75) is 6.61 Å². The van der Waals surface area contributed by atoms with Gasteiger partial charge in [0.05, 0.1) is 0 Å². The molecule has 0 saturated carbocycles. The fraction of sp³-hybridized carbons (Fsp3) is 0.214. The highest BCUT2D eigenvalue weighted by molar-refractivity contribution is 5.85. The first-order chi connectivity index (χ1) is 10.3. The van der Waals surface area contributed by atoms with Crippen molar-refractivity contribution in [3.05, 3.63) is 48.2 Å². The molecule has 0 spiro atoms. The molecule has 0 saturated heterocycles. The summed E-state index contributed by atoms with van der Waals surface area (Å²) in [6.07, 6.45) is 1.23. The van der Waals surface area contributed by atoms with E-state index in [2.05, 4.69) is 10.1 Å². The van der Waals surface area contributed by atoms with E-state index in [-0.39, 0.29) is 18.3 Å². The number of esters is 1. The monoisotopic (exact) mass is 288 g/mol. The van der Waals surface area contributed by atoms with Crippen LogP contribution in [0.25, 0.3) is 11.4 Å². The molecule has 0 unspecified atom stereocenters. The smallest absolute Gasteiger partial charge is 0.377 e. The molecule has 0 fully saturated rings. The molecule has 1 aromatic carbocycles. The lowest BCUT2D eigenvalue weighted by Gasteiger charge is -2.13. The van der Waals surface area contributed by atoms with Gasteiger partial charge in [0.25, 0.3) is 5.89 Å². The number of hydrogen-bond donors (Lipinski definition) is 0. The molecule has 0 N–H and O–H groups in total. The SMILES string of the molecule is O=C(OCc1nc(-c2ccccc2)no1)C1=COCCO1. The van der Waals surface area contributed by atoms with Crippen LogP contribution in [0.1, 0.15) is 5.89 Å². The number of benzene rings is 1. The Morgan fingerprint density at radius 3 is 2.86 bits per heavy atom. The third kappa shape index (κ3) is 3.19. The van der Waals surface area contributed by atoms with E-state index in [1.807, 2.05) is 30.3 Å². The molecule has 2 heterocycles. The normalized spacial score (nSPS) is 13.8. The summed E-state index contributed by atoms with van der Waals surface area (Å²) >= 11 is 0. The Morgan fingerprint density at radius 2 is 2.10 bits per heavy atom. The van der Waals surface area contributed by atoms with Gasteiger partial charge in [-0.05, 0) is 0 Å². The molecule has 7 nitrogen and oxygen atoms in total. The molecule has 7 heteroatoms. The highest BCUT2D eigenvalue weighted by Crippen LogP contribution is 2.15. The topological polar surface area (TPSA) is 83.7 Å². The lowest BCUT2D eigenvalue weighted by Crippen LogP contribution is -2.17. The molecule has 0 amide bonds. The van der Waals surface area contributed by atoms with Crippen molar-refractivity contribution in [2.24, 2.45) is 0 Å². The van der Waals surface area contributed by atoms with E-state index in [9.17, 15) is 4.79 Å². The molecule has 108 valence electrons. The summed E-state index contributed by atoms with van der Waals surface area (Å²) in [6.45, 7) is 0.611. The molecule has 3 rings (SSSR count). The molecule has 1 aromatic heterocycles. The molecule has 1 aliphatic heterocycles. The van der Waals surface area contributed by atoms with Gasteiger partial charge in [0, 0.05) is 5.56 Å². The van der Waals surface area contributed by atoms with Crippen LogP contribution in [0.15, 0.2) is 46.9 Å². The third-order valence-corrected chi connectivity index (χ3v) is 2.68. The quantitative estimate of drug-likeness (QED) is 0.791. The second-order valence-electron chi connectivity index (χ2n) is 4.16. The Labute approximate surface area is 120 Å². The van der Waals surface area contributed by atoms with Crippen molar-refractivity contribution in [1.29, 1.82) is 0 Å². The Bertz CT molecular complexity index is 650. The molecule has 21 heavy (non-hydrogen) atoms. The van der Waals surface area contributed by atoms with Crippen molar-refractivity contribution < 1.29 is 23.5 Å². The summed E-state index contributed by atoms with van der Waals surface area (Å²) in [5.74, 6) is 0.0517. The summed E-state index contributed by atoms with van der Waals surface area (Å²) < 4.78 is 20.1. The zero-order chi connectivity index (χ0) is 14.5. The fourth-order valence-corrected chi connectivity index (χ4v) is 1.69. The number of carbonyl (C=O) groups excluding carboxylic acids is 1. The summed E-state index contributed by atoms with van der Waals surface area (Å²) in [5, 5.41) is 3.83. The van der Waals surface area contributed by atoms with Gasteiger partial charge in [0.1, 0.15) is 19.5 Å². The van der Waals surface area contributed by atoms with Crippen LogP contribution >= 0.6 is 0 Å². The molecule has 2 aromatic rings. The molecule has 1 aliphatic rings. The summed E-state index contributed by atoms with van der Waals surface area (Å²) in [4.78, 5) is 15.8. The van der Waals surface area contributed by atoms with Crippen LogP contribution in [0, 0.1) is 0 Å². The maximum absolute atomic E-state index is 11.7. The molecule has 0 aliphatic carbocycles. The Morgan fingerprint density at radius 1 is 1.24 bits per heavy atom. The van der Waals surface area contributed by atoms with Gasteiger partial charge in [-0.15, -0.1) is 0 Å². The van der Waals surface area contributed by atoms with E-state index < -0.39 is 5.97 Å². The van der Waals surface area contributed by atoms with Gasteiger partial charge in [-0.3, -0.25) is 0 Å². The van der Waals surface area contributed by atoms with Gasteiger partial charge < -0.3 is 18.7 Å². The average Bonchev–Trinajstić information content (AvgIpc) is 3.03. The van der Waals surface area contributed by atoms with Gasteiger partial charge >= 0.3 is 5.97 Å². The number of nitrogens with zero attached hydrogens (tertiary/aromatic N) is 2. The van der Waals surface area contributed by atoms with E-state index in [1.165, 1.54) is 6.26 Å². The molecular formula is C14H12N2O5. The minimum Gasteiger partial charge on any atom is -0.493 e. The van der Waals surface area contributed by atoms with E-state index in [0.717, 1.165) is 5.56 Å². The van der Waals surface area contributed by atoms with Gasteiger partial charge in [-0.1, -0.05) is 35.5 Å². The minimum absolute atomic E-state index is 0.0315. The highest BCUT2D eigenvalue weighted by Gasteiger charge is 2.18. The molecule has 0 bridgehead atoms. The van der Waals surface area contributed by atoms with Crippen LogP contribution in [-0.2, 0) is 25.6 Å². The maximum Gasteiger partial charge on any atom is 0.377 e. The van der Waals surface area contributed by atoms with Crippen LogP contribution in [0.2, 0.25) is 0 Å². The van der Waals surface area contributed by atoms with Crippen molar-refractivity contribution in [1.82, 2.24) is 10.1 Å². The molecule has 0 atom stereocenters. The van der Waals surface area contributed by atoms with Crippen LogP contribution < -0.4 is 0 Å². The van der Waals surface area contributed by atoms with Crippen LogP contribution in [0.3, 0.4) is 0 Å². The minimum atomic E-state index is -0.630. The van der Waals surface area contributed by atoms with E-state index >= 15 is 0 Å². The van der Waals surface area contributed by atoms with Gasteiger partial charge in [0.2, 0.25) is 11.6 Å². The fourth-order valence-electron chi connectivity index (χ4n) is 1.69. The predicted octanol–water partition coefficient (Wildman–Crippen LogP) is 1.67. The van der Waals surface area contributed by atoms with E-state index in [4.69, 9.17) is 18.7 Å². The van der Waals surface area contributed by atoms with Gasteiger partial charge in [-0.25, -0.2) is 4.79 Å². The second kappa shape index (κ2) is 6.08. The first-order valence-electron chi connectivity index (χ1n) is 6.32. The summed E-state index contributed by atoms with van der Waals surface area (Å²) in [7, 11) is 0. The zero-order valence-electron chi connectivity index (χ0n) is 11.0. The number of aromatic nitrogens is 2. The first-order valence-corrected chi connectivity index (χ1v) is 6.32. The summed E-state index contributed by atoms with van der Waals surface area (Å²) in [6, 6.07) is 9.36. The Balaban J connectivity index is 1.60. The number of carbonyl (C=O) groups is 1. The maximum atomic E-state index is 11.7. The predicted molar refractivity (Wildman–Crippen MR) is 69.5 cm³/mol. The average molecular weight is 288 g/mol. The van der Waals surface area contributed by atoms with Crippen LogP contribution in [0.4, 0.5) is 0 Å². The molecule has 0 radical (unpaired) electrons. The Kier molecular flexibility index (Phi) is 3.81. The van der Waals surface area contributed by atoms with E-state index in [0.29, 0.717) is 19.0 Å². The lowest BCUT2D eigenvalue weighted by molar-refractivity contribution is -0.146. The second-order valence-corrected chi connectivity index (χ2v) is 4.16. The van der Waals surface area contributed by atoms with Gasteiger partial charge in [-0.2, -0.15) is 4.98 Å². The van der Waals surface area contributed by atoms with Gasteiger partial charge in [0.15, 0.2) is 6.61 Å². The van der Waals surface area contributed by atoms with Crippen molar-refractivity contribution >= 4 is 5.97 Å². The standard InChI is InChI=1S/C14H12N2O5/c17-14(11-8-18-6-7-19-11)20-9-12-15-13(16-21-12)10-4-2-1-3-5-10/h1-5,8H,6-7,9H2. The zero-order valence-corrected chi connectivity index (χ0v) is 11.0. The lowest BCUT2D eigenvalue weighted by atomic mass is 10.2. The third-order valence-electron chi connectivity index (χ3n) is 2.68. The highest BCUT2D eigenvalue weighted by atomic mass is 16.6. The van der Waals surface area contributed by atoms with Crippen LogP contribution in [-0.4, -0.2) is 29.3 Å². The van der Waals surface area contributed by atoms with Crippen molar-refractivity contribution in [3.8, 4) is 11.4 Å². The van der Waals surface area contributed by atoms with Crippen molar-refractivity contribution in [3.63, 3.8) is 0 Å². The first kappa shape index (κ1) is 13.2. The number of hydrogen-bond acceptors (Lipinski definition) is 7. The number of ether oxygens (including phenoxy) is 3. The molecular weight excluding hydrogens is 276 g/mol. The van der Waals surface area contributed by atoms with Crippen molar-refractivity contribution in [2.75, 3.05) is 13.2 Å². The Hall–Kier alpha value is -2.83. The summed E-state index contributed by atoms with van der Waals surface area (Å²) in [5.41, 5.74) is 0.825. The van der Waals surface area contributed by atoms with Crippen LogP contribution in [0.5, 0.6) is 0 Å².